The lowest BCUT2D eigenvalue weighted by Gasteiger charge is -2.12. The van der Waals surface area contributed by atoms with Crippen molar-refractivity contribution in [2.75, 3.05) is 19.8 Å². The van der Waals surface area contributed by atoms with Crippen molar-refractivity contribution in [3.8, 4) is 11.5 Å². The Morgan fingerprint density at radius 1 is 0.957 bits per heavy atom. The highest BCUT2D eigenvalue weighted by atomic mass is 16.5. The van der Waals surface area contributed by atoms with Gasteiger partial charge in [0.1, 0.15) is 11.5 Å². The molecular weight excluding hydrogens is 290 g/mol. The zero-order chi connectivity index (χ0) is 16.5. The quantitative estimate of drug-likeness (QED) is 0.761. The van der Waals surface area contributed by atoms with E-state index in [1.807, 2.05) is 62.4 Å². The first kappa shape index (κ1) is 16.9. The summed E-state index contributed by atoms with van der Waals surface area (Å²) in [5, 5.41) is 2.83. The number of hydrogen-bond donors (Lipinski definition) is 1. The van der Waals surface area contributed by atoms with Crippen LogP contribution < -0.4 is 14.8 Å². The average molecular weight is 313 g/mol. The highest BCUT2D eigenvalue weighted by molar-refractivity contribution is 5.77. The van der Waals surface area contributed by atoms with Crippen molar-refractivity contribution in [1.82, 2.24) is 5.32 Å². The predicted molar refractivity (Wildman–Crippen MR) is 91.0 cm³/mol. The molecule has 2 aromatic carbocycles. The SMILES string of the molecule is Cc1cccc(C)c1OCC(=O)NCCCOc1ccccc1. The Morgan fingerprint density at radius 3 is 2.35 bits per heavy atom. The van der Waals surface area contributed by atoms with Gasteiger partial charge in [-0.3, -0.25) is 4.79 Å². The molecule has 4 heteroatoms. The third-order valence-corrected chi connectivity index (χ3v) is 3.41. The van der Waals surface area contributed by atoms with Gasteiger partial charge in [0.15, 0.2) is 6.61 Å². The summed E-state index contributed by atoms with van der Waals surface area (Å²) in [4.78, 5) is 11.8. The summed E-state index contributed by atoms with van der Waals surface area (Å²) in [6.45, 7) is 5.12. The number of ether oxygens (including phenoxy) is 2. The molecule has 0 aromatic heterocycles. The molecule has 0 aliphatic rings. The first-order chi connectivity index (χ1) is 11.2. The largest absolute Gasteiger partial charge is 0.494 e. The monoisotopic (exact) mass is 313 g/mol. The Labute approximate surface area is 137 Å². The fourth-order valence-electron chi connectivity index (χ4n) is 2.22. The van der Waals surface area contributed by atoms with E-state index in [4.69, 9.17) is 9.47 Å². The summed E-state index contributed by atoms with van der Waals surface area (Å²) in [7, 11) is 0. The van der Waals surface area contributed by atoms with Crippen LogP contribution in [-0.2, 0) is 4.79 Å². The van der Waals surface area contributed by atoms with Crippen molar-refractivity contribution in [1.29, 1.82) is 0 Å². The zero-order valence-electron chi connectivity index (χ0n) is 13.7. The number of carbonyl (C=O) groups excluding carboxylic acids is 1. The van der Waals surface area contributed by atoms with Crippen LogP contribution in [0.1, 0.15) is 17.5 Å². The summed E-state index contributed by atoms with van der Waals surface area (Å²) in [6, 6.07) is 15.6. The fourth-order valence-corrected chi connectivity index (χ4v) is 2.22. The van der Waals surface area contributed by atoms with E-state index < -0.39 is 0 Å². The van der Waals surface area contributed by atoms with E-state index in [0.29, 0.717) is 13.2 Å². The number of benzene rings is 2. The fraction of sp³-hybridized carbons (Fsp3) is 0.316. The highest BCUT2D eigenvalue weighted by Gasteiger charge is 2.06. The maximum absolute atomic E-state index is 11.8. The molecule has 2 rings (SSSR count). The summed E-state index contributed by atoms with van der Waals surface area (Å²) in [6.07, 6.45) is 0.754. The third kappa shape index (κ3) is 5.66. The second kappa shape index (κ2) is 8.83. The number of rotatable bonds is 8. The normalized spacial score (nSPS) is 10.2. The molecule has 0 saturated heterocycles. The van der Waals surface area contributed by atoms with Gasteiger partial charge in [-0.15, -0.1) is 0 Å². The van der Waals surface area contributed by atoms with Crippen molar-refractivity contribution in [2.24, 2.45) is 0 Å². The van der Waals surface area contributed by atoms with Gasteiger partial charge in [-0.25, -0.2) is 0 Å². The molecule has 0 fully saturated rings. The van der Waals surface area contributed by atoms with Crippen molar-refractivity contribution < 1.29 is 14.3 Å². The Morgan fingerprint density at radius 2 is 1.65 bits per heavy atom. The Balaban J connectivity index is 1.62. The van der Waals surface area contributed by atoms with Crippen LogP contribution in [0.4, 0.5) is 0 Å². The number of carbonyl (C=O) groups is 1. The van der Waals surface area contributed by atoms with Crippen LogP contribution >= 0.6 is 0 Å². The van der Waals surface area contributed by atoms with Crippen molar-refractivity contribution in [2.45, 2.75) is 20.3 Å². The molecule has 0 heterocycles. The Bertz CT molecular complexity index is 606. The lowest BCUT2D eigenvalue weighted by Crippen LogP contribution is -2.30. The Hall–Kier alpha value is -2.49. The van der Waals surface area contributed by atoms with Crippen LogP contribution in [0.5, 0.6) is 11.5 Å². The van der Waals surface area contributed by atoms with E-state index in [2.05, 4.69) is 5.32 Å². The maximum Gasteiger partial charge on any atom is 0.257 e. The van der Waals surface area contributed by atoms with E-state index >= 15 is 0 Å². The zero-order valence-corrected chi connectivity index (χ0v) is 13.7. The molecule has 4 nitrogen and oxygen atoms in total. The first-order valence-corrected chi connectivity index (χ1v) is 7.80. The minimum Gasteiger partial charge on any atom is -0.494 e. The number of para-hydroxylation sites is 2. The van der Waals surface area contributed by atoms with Crippen molar-refractivity contribution in [3.05, 3.63) is 59.7 Å². The number of hydrogen-bond acceptors (Lipinski definition) is 3. The topological polar surface area (TPSA) is 47.6 Å². The standard InChI is InChI=1S/C19H23NO3/c1-15-8-6-9-16(2)19(15)23-14-18(21)20-12-7-13-22-17-10-4-3-5-11-17/h3-6,8-11H,7,12-14H2,1-2H3,(H,20,21). The average Bonchev–Trinajstić information content (AvgIpc) is 2.55. The van der Waals surface area contributed by atoms with Gasteiger partial charge in [-0.05, 0) is 43.5 Å². The van der Waals surface area contributed by atoms with Crippen LogP contribution in [0.25, 0.3) is 0 Å². The highest BCUT2D eigenvalue weighted by Crippen LogP contribution is 2.21. The van der Waals surface area contributed by atoms with Gasteiger partial charge in [-0.1, -0.05) is 36.4 Å². The molecule has 0 saturated carbocycles. The molecular formula is C19H23NO3. The predicted octanol–water partition coefficient (Wildman–Crippen LogP) is 3.27. The van der Waals surface area contributed by atoms with Crippen LogP contribution in [0.3, 0.4) is 0 Å². The summed E-state index contributed by atoms with van der Waals surface area (Å²) in [5.74, 6) is 1.51. The molecule has 0 spiro atoms. The molecule has 2 aromatic rings. The summed E-state index contributed by atoms with van der Waals surface area (Å²) in [5.41, 5.74) is 2.07. The van der Waals surface area contributed by atoms with Crippen molar-refractivity contribution in [3.63, 3.8) is 0 Å². The van der Waals surface area contributed by atoms with Gasteiger partial charge in [0.25, 0.3) is 5.91 Å². The van der Waals surface area contributed by atoms with E-state index in [1.165, 1.54) is 0 Å². The van der Waals surface area contributed by atoms with Gasteiger partial charge in [0.2, 0.25) is 0 Å². The minimum absolute atomic E-state index is 0.0330. The van der Waals surface area contributed by atoms with Gasteiger partial charge in [0.05, 0.1) is 6.61 Å². The lowest BCUT2D eigenvalue weighted by atomic mass is 10.1. The van der Waals surface area contributed by atoms with Gasteiger partial charge in [0, 0.05) is 6.54 Å². The minimum atomic E-state index is -0.118. The molecule has 0 aliphatic heterocycles. The van der Waals surface area contributed by atoms with E-state index in [0.717, 1.165) is 29.0 Å². The van der Waals surface area contributed by atoms with Gasteiger partial charge in [-0.2, -0.15) is 0 Å². The second-order valence-corrected chi connectivity index (χ2v) is 5.37. The van der Waals surface area contributed by atoms with Crippen LogP contribution in [0.2, 0.25) is 0 Å². The summed E-state index contributed by atoms with van der Waals surface area (Å²) >= 11 is 0. The smallest absolute Gasteiger partial charge is 0.257 e. The molecule has 1 N–H and O–H groups in total. The number of amides is 1. The van der Waals surface area contributed by atoms with Crippen LogP contribution in [0.15, 0.2) is 48.5 Å². The first-order valence-electron chi connectivity index (χ1n) is 7.80. The van der Waals surface area contributed by atoms with Crippen LogP contribution in [-0.4, -0.2) is 25.7 Å². The molecule has 0 bridgehead atoms. The molecule has 0 unspecified atom stereocenters. The van der Waals surface area contributed by atoms with E-state index in [1.54, 1.807) is 0 Å². The van der Waals surface area contributed by atoms with Crippen LogP contribution in [0, 0.1) is 13.8 Å². The van der Waals surface area contributed by atoms with Gasteiger partial charge < -0.3 is 14.8 Å². The molecule has 1 amide bonds. The number of aryl methyl sites for hydroxylation is 2. The lowest BCUT2D eigenvalue weighted by molar-refractivity contribution is -0.123. The van der Waals surface area contributed by atoms with Crippen molar-refractivity contribution >= 4 is 5.91 Å². The molecule has 0 aliphatic carbocycles. The Kier molecular flexibility index (Phi) is 6.48. The molecule has 122 valence electrons. The number of nitrogens with one attached hydrogen (secondary N) is 1. The maximum atomic E-state index is 11.8. The molecule has 0 radical (unpaired) electrons. The second-order valence-electron chi connectivity index (χ2n) is 5.37. The molecule has 0 atom stereocenters. The van der Waals surface area contributed by atoms with E-state index in [-0.39, 0.29) is 12.5 Å². The van der Waals surface area contributed by atoms with E-state index in [9.17, 15) is 4.79 Å². The summed E-state index contributed by atoms with van der Waals surface area (Å²) < 4.78 is 11.2. The molecule has 23 heavy (non-hydrogen) atoms. The van der Waals surface area contributed by atoms with Gasteiger partial charge >= 0.3 is 0 Å². The third-order valence-electron chi connectivity index (χ3n) is 3.41.